The average Bonchev–Trinajstić information content (AvgIpc) is 3.23. The van der Waals surface area contributed by atoms with Gasteiger partial charge in [0, 0.05) is 25.5 Å². The number of alkyl halides is 3. The molecule has 10 heteroatoms. The van der Waals surface area contributed by atoms with Gasteiger partial charge in [0.15, 0.2) is 11.0 Å². The Labute approximate surface area is 164 Å². The fraction of sp³-hybridized carbons (Fsp3) is 0.389. The molecule has 0 aliphatic carbocycles. The Morgan fingerprint density at radius 3 is 2.43 bits per heavy atom. The zero-order chi connectivity index (χ0) is 20.3. The van der Waals surface area contributed by atoms with Crippen LogP contribution < -0.4 is 4.74 Å². The lowest BCUT2D eigenvalue weighted by molar-refractivity contribution is -0.137. The van der Waals surface area contributed by atoms with E-state index in [1.165, 1.54) is 23.9 Å². The van der Waals surface area contributed by atoms with Crippen LogP contribution in [0.25, 0.3) is 11.4 Å². The second kappa shape index (κ2) is 8.26. The number of halogens is 3. The van der Waals surface area contributed by atoms with Gasteiger partial charge in [-0.25, -0.2) is 0 Å². The van der Waals surface area contributed by atoms with Crippen molar-refractivity contribution in [1.29, 1.82) is 0 Å². The van der Waals surface area contributed by atoms with Crippen molar-refractivity contribution in [3.8, 4) is 17.3 Å². The monoisotopic (exact) mass is 411 g/mol. The van der Waals surface area contributed by atoms with E-state index in [1.54, 1.807) is 4.68 Å². The maximum atomic E-state index is 12.7. The van der Waals surface area contributed by atoms with Crippen LogP contribution in [0.1, 0.15) is 25.0 Å². The molecule has 0 spiro atoms. The first-order valence-electron chi connectivity index (χ1n) is 8.72. The van der Waals surface area contributed by atoms with Gasteiger partial charge in [0.1, 0.15) is 5.56 Å². The first kappa shape index (κ1) is 20.2. The van der Waals surface area contributed by atoms with E-state index in [4.69, 9.17) is 4.74 Å². The molecule has 0 N–H and O–H groups in total. The standard InChI is InChI=1S/C18H20F3N5OS/c1-4-26-10-14(16(24-26)27-5-2)15-22-23-17(25(15)3)28-11-12-6-8-13(9-7-12)18(19,20)21/h6-10H,4-5,11H2,1-3H3. The van der Waals surface area contributed by atoms with Crippen LogP contribution in [0, 0.1) is 0 Å². The van der Waals surface area contributed by atoms with Crippen molar-refractivity contribution in [2.75, 3.05) is 6.61 Å². The van der Waals surface area contributed by atoms with Gasteiger partial charge in [-0.05, 0) is 31.5 Å². The summed E-state index contributed by atoms with van der Waals surface area (Å²) in [6.45, 7) is 5.06. The largest absolute Gasteiger partial charge is 0.476 e. The molecule has 6 nitrogen and oxygen atoms in total. The lowest BCUT2D eigenvalue weighted by Gasteiger charge is -2.07. The maximum Gasteiger partial charge on any atom is 0.416 e. The summed E-state index contributed by atoms with van der Waals surface area (Å²) in [5.74, 6) is 1.61. The summed E-state index contributed by atoms with van der Waals surface area (Å²) in [6, 6.07) is 5.13. The number of ether oxygens (including phenoxy) is 1. The Balaban J connectivity index is 1.76. The smallest absolute Gasteiger partial charge is 0.416 e. The summed E-state index contributed by atoms with van der Waals surface area (Å²) >= 11 is 1.40. The number of rotatable bonds is 7. The van der Waals surface area contributed by atoms with Gasteiger partial charge in [-0.3, -0.25) is 4.68 Å². The molecule has 0 aliphatic heterocycles. The normalized spacial score (nSPS) is 11.8. The Hall–Kier alpha value is -2.49. The third kappa shape index (κ3) is 4.32. The topological polar surface area (TPSA) is 57.8 Å². The van der Waals surface area contributed by atoms with Crippen LogP contribution in [0.2, 0.25) is 0 Å². The maximum absolute atomic E-state index is 12.7. The molecule has 0 atom stereocenters. The lowest BCUT2D eigenvalue weighted by Crippen LogP contribution is -2.04. The van der Waals surface area contributed by atoms with Crippen molar-refractivity contribution in [1.82, 2.24) is 24.5 Å². The molecular weight excluding hydrogens is 391 g/mol. The number of nitrogens with zero attached hydrogens (tertiary/aromatic N) is 5. The number of aromatic nitrogens is 5. The van der Waals surface area contributed by atoms with Gasteiger partial charge >= 0.3 is 6.18 Å². The number of hydrogen-bond acceptors (Lipinski definition) is 5. The molecule has 2 aromatic heterocycles. The van der Waals surface area contributed by atoms with Crippen molar-refractivity contribution < 1.29 is 17.9 Å². The molecular formula is C18H20F3N5OS. The van der Waals surface area contributed by atoms with Crippen LogP contribution in [0.5, 0.6) is 5.88 Å². The molecule has 0 unspecified atom stereocenters. The molecule has 0 saturated heterocycles. The molecule has 3 aromatic rings. The first-order valence-corrected chi connectivity index (χ1v) is 9.71. The molecule has 0 radical (unpaired) electrons. The summed E-state index contributed by atoms with van der Waals surface area (Å²) in [7, 11) is 1.84. The minimum absolute atomic E-state index is 0.483. The summed E-state index contributed by atoms with van der Waals surface area (Å²) in [5.41, 5.74) is 0.870. The molecule has 3 rings (SSSR count). The molecule has 0 aliphatic rings. The Bertz CT molecular complexity index is 934. The van der Waals surface area contributed by atoms with E-state index in [-0.39, 0.29) is 0 Å². The average molecular weight is 411 g/mol. The number of thioether (sulfide) groups is 1. The summed E-state index contributed by atoms with van der Waals surface area (Å²) < 4.78 is 47.2. The molecule has 0 saturated carbocycles. The molecule has 2 heterocycles. The highest BCUT2D eigenvalue weighted by molar-refractivity contribution is 7.98. The lowest BCUT2D eigenvalue weighted by atomic mass is 10.1. The van der Waals surface area contributed by atoms with E-state index in [9.17, 15) is 13.2 Å². The number of benzene rings is 1. The van der Waals surface area contributed by atoms with Crippen LogP contribution >= 0.6 is 11.8 Å². The van der Waals surface area contributed by atoms with Gasteiger partial charge in [-0.2, -0.15) is 13.2 Å². The minimum atomic E-state index is -4.33. The van der Waals surface area contributed by atoms with Crippen LogP contribution in [-0.4, -0.2) is 31.2 Å². The molecule has 0 amide bonds. The number of aryl methyl sites for hydroxylation is 1. The molecule has 0 bridgehead atoms. The number of hydrogen-bond donors (Lipinski definition) is 0. The van der Waals surface area contributed by atoms with Crippen molar-refractivity contribution in [3.63, 3.8) is 0 Å². The highest BCUT2D eigenvalue weighted by Crippen LogP contribution is 2.32. The second-order valence-corrected chi connectivity index (χ2v) is 6.93. The third-order valence-corrected chi connectivity index (χ3v) is 5.15. The van der Waals surface area contributed by atoms with E-state index in [1.807, 2.05) is 31.7 Å². The zero-order valence-corrected chi connectivity index (χ0v) is 16.5. The molecule has 150 valence electrons. The zero-order valence-electron chi connectivity index (χ0n) is 15.7. The highest BCUT2D eigenvalue weighted by atomic mass is 32.2. The van der Waals surface area contributed by atoms with E-state index >= 15 is 0 Å². The van der Waals surface area contributed by atoms with Crippen LogP contribution in [-0.2, 0) is 25.5 Å². The van der Waals surface area contributed by atoms with Crippen LogP contribution in [0.15, 0.2) is 35.6 Å². The van der Waals surface area contributed by atoms with Crippen molar-refractivity contribution in [3.05, 3.63) is 41.6 Å². The van der Waals surface area contributed by atoms with E-state index in [0.717, 1.165) is 23.3 Å². The minimum Gasteiger partial charge on any atom is -0.476 e. The van der Waals surface area contributed by atoms with Gasteiger partial charge < -0.3 is 9.30 Å². The second-order valence-electron chi connectivity index (χ2n) is 5.99. The van der Waals surface area contributed by atoms with Crippen molar-refractivity contribution in [2.45, 2.75) is 37.5 Å². The van der Waals surface area contributed by atoms with E-state index in [0.29, 0.717) is 35.8 Å². The fourth-order valence-electron chi connectivity index (χ4n) is 2.58. The molecule has 28 heavy (non-hydrogen) atoms. The van der Waals surface area contributed by atoms with Crippen LogP contribution in [0.4, 0.5) is 13.2 Å². The van der Waals surface area contributed by atoms with Gasteiger partial charge in [0.2, 0.25) is 5.88 Å². The summed E-state index contributed by atoms with van der Waals surface area (Å²) in [4.78, 5) is 0. The quantitative estimate of drug-likeness (QED) is 0.539. The van der Waals surface area contributed by atoms with Crippen molar-refractivity contribution >= 4 is 11.8 Å². The highest BCUT2D eigenvalue weighted by Gasteiger charge is 2.30. The van der Waals surface area contributed by atoms with E-state index in [2.05, 4.69) is 15.3 Å². The van der Waals surface area contributed by atoms with Gasteiger partial charge in [0.25, 0.3) is 0 Å². The summed E-state index contributed by atoms with van der Waals surface area (Å²) in [6.07, 6.45) is -2.47. The third-order valence-electron chi connectivity index (χ3n) is 4.06. The summed E-state index contributed by atoms with van der Waals surface area (Å²) in [5, 5.41) is 13.5. The fourth-order valence-corrected chi connectivity index (χ4v) is 3.44. The van der Waals surface area contributed by atoms with Crippen LogP contribution in [0.3, 0.4) is 0 Å². The predicted octanol–water partition coefficient (Wildman–Crippen LogP) is 4.41. The molecule has 1 aromatic carbocycles. The van der Waals surface area contributed by atoms with Gasteiger partial charge in [-0.15, -0.1) is 15.3 Å². The van der Waals surface area contributed by atoms with Gasteiger partial charge in [0.05, 0.1) is 12.2 Å². The van der Waals surface area contributed by atoms with Crippen molar-refractivity contribution in [2.24, 2.45) is 7.05 Å². The SMILES string of the molecule is CCOc1nn(CC)cc1-c1nnc(SCc2ccc(C(F)(F)F)cc2)n1C. The Kier molecular flexibility index (Phi) is 5.97. The molecule has 0 fully saturated rings. The first-order chi connectivity index (χ1) is 13.3. The van der Waals surface area contributed by atoms with E-state index < -0.39 is 11.7 Å². The predicted molar refractivity (Wildman–Crippen MR) is 100 cm³/mol. The Morgan fingerprint density at radius 2 is 1.82 bits per heavy atom. The van der Waals surface area contributed by atoms with Gasteiger partial charge in [-0.1, -0.05) is 23.9 Å². The Morgan fingerprint density at radius 1 is 1.11 bits per heavy atom.